The fraction of sp³-hybridized carbons (Fsp3) is 0.417. The number of piperidine rings is 1. The summed E-state index contributed by atoms with van der Waals surface area (Å²) in [6.45, 7) is 1.07. The largest absolute Gasteiger partial charge is 0.310 e. The molecular weight excluding hydrogens is 243 g/mol. The predicted molar refractivity (Wildman–Crippen MR) is 68.0 cm³/mol. The summed E-state index contributed by atoms with van der Waals surface area (Å²) in [5.41, 5.74) is 1.75. The second kappa shape index (κ2) is 6.10. The molecule has 1 aliphatic heterocycles. The topological polar surface area (TPSA) is 35.8 Å². The summed E-state index contributed by atoms with van der Waals surface area (Å²) in [4.78, 5) is 0. The second-order valence-corrected chi connectivity index (χ2v) is 4.26. The molecule has 0 aromatic heterocycles. The van der Waals surface area contributed by atoms with Crippen molar-refractivity contribution in [3.63, 3.8) is 0 Å². The number of halogens is 2. The molecule has 2 rings (SSSR count). The van der Waals surface area contributed by atoms with Gasteiger partial charge in [-0.25, -0.2) is 0 Å². The molecule has 4 heteroatoms. The summed E-state index contributed by atoms with van der Waals surface area (Å²) >= 11 is 6.00. The molecule has 0 saturated carbocycles. The number of hydrogen-bond acceptors (Lipinski definition) is 2. The molecule has 0 aliphatic carbocycles. The number of nitrogens with zero attached hydrogens (tertiary/aromatic N) is 1. The van der Waals surface area contributed by atoms with Crippen molar-refractivity contribution < 1.29 is 0 Å². The number of rotatable bonds is 1. The van der Waals surface area contributed by atoms with E-state index in [0.717, 1.165) is 13.0 Å². The van der Waals surface area contributed by atoms with Crippen LogP contribution in [0.2, 0.25) is 5.02 Å². The molecule has 1 aliphatic rings. The van der Waals surface area contributed by atoms with Crippen molar-refractivity contribution in [3.05, 3.63) is 34.3 Å². The SMILES string of the molecule is Cl.N#Cc1ccc(C2CCCCN2)cc1Cl. The van der Waals surface area contributed by atoms with Crippen LogP contribution in [-0.4, -0.2) is 6.54 Å². The monoisotopic (exact) mass is 256 g/mol. The van der Waals surface area contributed by atoms with Gasteiger partial charge in [0.25, 0.3) is 0 Å². The molecule has 1 aromatic rings. The molecule has 1 atom stereocenters. The molecule has 0 bridgehead atoms. The van der Waals surface area contributed by atoms with E-state index in [-0.39, 0.29) is 12.4 Å². The standard InChI is InChI=1S/C12H13ClN2.ClH/c13-11-7-9(4-5-10(11)8-14)12-3-1-2-6-15-12;/h4-5,7,12,15H,1-3,6H2;1H. The van der Waals surface area contributed by atoms with Crippen LogP contribution in [0.1, 0.15) is 36.4 Å². The van der Waals surface area contributed by atoms with Gasteiger partial charge in [0.05, 0.1) is 10.6 Å². The molecule has 1 saturated heterocycles. The molecule has 1 heterocycles. The fourth-order valence-corrected chi connectivity index (χ4v) is 2.21. The second-order valence-electron chi connectivity index (χ2n) is 3.85. The number of nitrogens with one attached hydrogen (secondary N) is 1. The summed E-state index contributed by atoms with van der Waals surface area (Å²) in [7, 11) is 0. The Kier molecular flexibility index (Phi) is 5.08. The lowest BCUT2D eigenvalue weighted by atomic mass is 9.97. The number of hydrogen-bond donors (Lipinski definition) is 1. The summed E-state index contributed by atoms with van der Waals surface area (Å²) in [6, 6.07) is 8.18. The van der Waals surface area contributed by atoms with Crippen molar-refractivity contribution in [2.75, 3.05) is 6.54 Å². The highest BCUT2D eigenvalue weighted by Crippen LogP contribution is 2.26. The quantitative estimate of drug-likeness (QED) is 0.836. The Bertz CT molecular complexity index is 392. The summed E-state index contributed by atoms with van der Waals surface area (Å²) in [5.74, 6) is 0. The first kappa shape index (κ1) is 13.3. The first-order valence-electron chi connectivity index (χ1n) is 5.24. The molecule has 0 spiro atoms. The van der Waals surface area contributed by atoms with E-state index in [1.165, 1.54) is 18.4 Å². The number of benzene rings is 1. The minimum absolute atomic E-state index is 0. The Labute approximate surface area is 107 Å². The van der Waals surface area contributed by atoms with E-state index in [1.807, 2.05) is 12.1 Å². The van der Waals surface area contributed by atoms with Gasteiger partial charge in [0.1, 0.15) is 6.07 Å². The van der Waals surface area contributed by atoms with Crippen LogP contribution in [0, 0.1) is 11.3 Å². The van der Waals surface area contributed by atoms with Gasteiger partial charge >= 0.3 is 0 Å². The van der Waals surface area contributed by atoms with Crippen molar-refractivity contribution in [2.45, 2.75) is 25.3 Å². The third-order valence-electron chi connectivity index (χ3n) is 2.83. The lowest BCUT2D eigenvalue weighted by Gasteiger charge is -2.24. The van der Waals surface area contributed by atoms with Crippen LogP contribution in [0.15, 0.2) is 18.2 Å². The van der Waals surface area contributed by atoms with Crippen molar-refractivity contribution in [2.24, 2.45) is 0 Å². The van der Waals surface area contributed by atoms with Gasteiger partial charge in [-0.15, -0.1) is 12.4 Å². The molecule has 16 heavy (non-hydrogen) atoms. The maximum absolute atomic E-state index is 8.77. The van der Waals surface area contributed by atoms with E-state index >= 15 is 0 Å². The lowest BCUT2D eigenvalue weighted by molar-refractivity contribution is 0.412. The van der Waals surface area contributed by atoms with Gasteiger partial charge in [-0.2, -0.15) is 5.26 Å². The summed E-state index contributed by atoms with van der Waals surface area (Å²) in [6.07, 6.45) is 3.66. The Balaban J connectivity index is 0.00000128. The minimum Gasteiger partial charge on any atom is -0.310 e. The highest BCUT2D eigenvalue weighted by molar-refractivity contribution is 6.31. The van der Waals surface area contributed by atoms with Crippen molar-refractivity contribution >= 4 is 24.0 Å². The van der Waals surface area contributed by atoms with E-state index in [4.69, 9.17) is 16.9 Å². The highest BCUT2D eigenvalue weighted by atomic mass is 35.5. The van der Waals surface area contributed by atoms with Crippen molar-refractivity contribution in [1.29, 1.82) is 5.26 Å². The summed E-state index contributed by atoms with van der Waals surface area (Å²) in [5, 5.41) is 12.8. The van der Waals surface area contributed by atoms with Crippen LogP contribution >= 0.6 is 24.0 Å². The zero-order valence-corrected chi connectivity index (χ0v) is 10.4. The van der Waals surface area contributed by atoms with E-state index in [9.17, 15) is 0 Å². The van der Waals surface area contributed by atoms with Crippen LogP contribution in [0.4, 0.5) is 0 Å². The minimum atomic E-state index is 0. The highest BCUT2D eigenvalue weighted by Gasteiger charge is 2.15. The third kappa shape index (κ3) is 2.89. The van der Waals surface area contributed by atoms with Crippen molar-refractivity contribution in [3.8, 4) is 6.07 Å². The van der Waals surface area contributed by atoms with Gasteiger partial charge in [0.2, 0.25) is 0 Å². The van der Waals surface area contributed by atoms with Gasteiger partial charge < -0.3 is 5.32 Å². The average Bonchev–Trinajstić information content (AvgIpc) is 2.30. The van der Waals surface area contributed by atoms with Crippen LogP contribution in [0.3, 0.4) is 0 Å². The molecule has 1 N–H and O–H groups in total. The molecule has 1 fully saturated rings. The molecule has 1 unspecified atom stereocenters. The molecule has 86 valence electrons. The van der Waals surface area contributed by atoms with E-state index in [0.29, 0.717) is 16.6 Å². The van der Waals surface area contributed by atoms with Gasteiger partial charge in [-0.1, -0.05) is 24.1 Å². The third-order valence-corrected chi connectivity index (χ3v) is 3.14. The molecule has 0 radical (unpaired) electrons. The molecule has 0 amide bonds. The Hall–Kier alpha value is -0.750. The van der Waals surface area contributed by atoms with Crippen LogP contribution in [0.5, 0.6) is 0 Å². The molecule has 1 aromatic carbocycles. The average molecular weight is 257 g/mol. The lowest BCUT2D eigenvalue weighted by Crippen LogP contribution is -2.26. The van der Waals surface area contributed by atoms with E-state index in [1.54, 1.807) is 6.07 Å². The number of nitriles is 1. The van der Waals surface area contributed by atoms with Crippen LogP contribution in [-0.2, 0) is 0 Å². The smallest absolute Gasteiger partial charge is 0.101 e. The fourth-order valence-electron chi connectivity index (χ4n) is 1.98. The maximum Gasteiger partial charge on any atom is 0.101 e. The molecular formula is C12H14Cl2N2. The van der Waals surface area contributed by atoms with Crippen LogP contribution in [0.25, 0.3) is 0 Å². The predicted octanol–water partition coefficient (Wildman–Crippen LogP) is 3.45. The molecule has 2 nitrogen and oxygen atoms in total. The van der Waals surface area contributed by atoms with Crippen LogP contribution < -0.4 is 5.32 Å². The van der Waals surface area contributed by atoms with Gasteiger partial charge in [-0.05, 0) is 37.1 Å². The normalized spacial score (nSPS) is 19.6. The first-order valence-corrected chi connectivity index (χ1v) is 5.62. The Morgan fingerprint density at radius 3 is 2.75 bits per heavy atom. The zero-order valence-electron chi connectivity index (χ0n) is 8.87. The maximum atomic E-state index is 8.77. The van der Waals surface area contributed by atoms with E-state index < -0.39 is 0 Å². The van der Waals surface area contributed by atoms with Gasteiger partial charge in [0, 0.05) is 6.04 Å². The van der Waals surface area contributed by atoms with Gasteiger partial charge in [0.15, 0.2) is 0 Å². The Morgan fingerprint density at radius 2 is 2.19 bits per heavy atom. The van der Waals surface area contributed by atoms with Crippen molar-refractivity contribution in [1.82, 2.24) is 5.32 Å². The zero-order chi connectivity index (χ0) is 10.7. The van der Waals surface area contributed by atoms with Gasteiger partial charge in [-0.3, -0.25) is 0 Å². The summed E-state index contributed by atoms with van der Waals surface area (Å²) < 4.78 is 0. The van der Waals surface area contributed by atoms with E-state index in [2.05, 4.69) is 11.4 Å². The first-order chi connectivity index (χ1) is 7.31. The Morgan fingerprint density at radius 1 is 1.38 bits per heavy atom.